The van der Waals surface area contributed by atoms with Gasteiger partial charge in [-0.3, -0.25) is 9.48 Å². The summed E-state index contributed by atoms with van der Waals surface area (Å²) < 4.78 is 26.0. The van der Waals surface area contributed by atoms with E-state index >= 15 is 0 Å². The molecule has 20 heavy (non-hydrogen) atoms. The topological polar surface area (TPSA) is 75.5 Å². The maximum Gasteiger partial charge on any atom is 0.274 e. The Morgan fingerprint density at radius 2 is 1.85 bits per heavy atom. The number of piperazine rings is 1. The van der Waals surface area contributed by atoms with E-state index in [2.05, 4.69) is 5.10 Å². The van der Waals surface area contributed by atoms with Gasteiger partial charge in [-0.15, -0.1) is 0 Å². The van der Waals surface area contributed by atoms with Crippen LogP contribution in [0.2, 0.25) is 0 Å². The van der Waals surface area contributed by atoms with E-state index in [1.165, 1.54) is 10.6 Å². The first-order chi connectivity index (χ1) is 9.29. The van der Waals surface area contributed by atoms with E-state index in [0.717, 1.165) is 0 Å². The van der Waals surface area contributed by atoms with Gasteiger partial charge in [-0.1, -0.05) is 0 Å². The predicted molar refractivity (Wildman–Crippen MR) is 74.9 cm³/mol. The van der Waals surface area contributed by atoms with E-state index in [4.69, 9.17) is 0 Å². The Bertz CT molecular complexity index is 586. The number of amides is 1. The summed E-state index contributed by atoms with van der Waals surface area (Å²) in [6.07, 6.45) is 2.97. The third kappa shape index (κ3) is 3.18. The summed E-state index contributed by atoms with van der Waals surface area (Å²) in [6.45, 7) is 5.48. The standard InChI is InChI=1S/C12H20N4O3S/c1-10(2)16-5-4-11(13-16)12(17)14-6-8-15(9-7-14)20(3,18)19/h4-5,10H,6-9H2,1-3H3. The van der Waals surface area contributed by atoms with Crippen molar-refractivity contribution in [1.82, 2.24) is 19.0 Å². The first-order valence-electron chi connectivity index (χ1n) is 6.58. The Morgan fingerprint density at radius 1 is 1.25 bits per heavy atom. The predicted octanol–water partition coefficient (Wildman–Crippen LogP) is 0.181. The summed E-state index contributed by atoms with van der Waals surface area (Å²) in [4.78, 5) is 13.9. The highest BCUT2D eigenvalue weighted by molar-refractivity contribution is 7.88. The molecule has 1 aliphatic heterocycles. The third-order valence-electron chi connectivity index (χ3n) is 3.35. The summed E-state index contributed by atoms with van der Waals surface area (Å²) in [5.74, 6) is -0.141. The fourth-order valence-electron chi connectivity index (χ4n) is 2.12. The van der Waals surface area contributed by atoms with Crippen LogP contribution in [-0.4, -0.2) is 65.7 Å². The van der Waals surface area contributed by atoms with Crippen LogP contribution in [-0.2, 0) is 10.0 Å². The van der Waals surface area contributed by atoms with Gasteiger partial charge in [-0.05, 0) is 19.9 Å². The van der Waals surface area contributed by atoms with Crippen molar-refractivity contribution in [3.8, 4) is 0 Å². The molecule has 2 rings (SSSR count). The van der Waals surface area contributed by atoms with Crippen molar-refractivity contribution < 1.29 is 13.2 Å². The molecular weight excluding hydrogens is 280 g/mol. The second-order valence-corrected chi connectivity index (χ2v) is 7.21. The maximum absolute atomic E-state index is 12.3. The Labute approximate surface area is 119 Å². The lowest BCUT2D eigenvalue weighted by atomic mass is 10.3. The molecule has 1 saturated heterocycles. The van der Waals surface area contributed by atoms with Crippen LogP contribution in [0, 0.1) is 0 Å². The zero-order valence-corrected chi connectivity index (χ0v) is 12.8. The monoisotopic (exact) mass is 300 g/mol. The highest BCUT2D eigenvalue weighted by Gasteiger charge is 2.27. The van der Waals surface area contributed by atoms with Gasteiger partial charge in [0.05, 0.1) is 6.26 Å². The molecule has 1 fully saturated rings. The van der Waals surface area contributed by atoms with E-state index in [9.17, 15) is 13.2 Å². The fraction of sp³-hybridized carbons (Fsp3) is 0.667. The molecule has 1 aromatic heterocycles. The highest BCUT2D eigenvalue weighted by atomic mass is 32.2. The van der Waals surface area contributed by atoms with Crippen molar-refractivity contribution in [1.29, 1.82) is 0 Å². The molecule has 0 N–H and O–H groups in total. The van der Waals surface area contributed by atoms with E-state index in [-0.39, 0.29) is 11.9 Å². The molecule has 2 heterocycles. The van der Waals surface area contributed by atoms with E-state index < -0.39 is 10.0 Å². The highest BCUT2D eigenvalue weighted by Crippen LogP contribution is 2.11. The molecule has 1 aromatic rings. The van der Waals surface area contributed by atoms with Gasteiger partial charge < -0.3 is 4.90 Å². The molecular formula is C12H20N4O3S. The lowest BCUT2D eigenvalue weighted by Gasteiger charge is -2.32. The van der Waals surface area contributed by atoms with E-state index in [1.54, 1.807) is 21.8 Å². The summed E-state index contributed by atoms with van der Waals surface area (Å²) in [7, 11) is -3.17. The Morgan fingerprint density at radius 3 is 2.30 bits per heavy atom. The molecule has 0 unspecified atom stereocenters. The van der Waals surface area contributed by atoms with Crippen LogP contribution in [0.25, 0.3) is 0 Å². The number of aromatic nitrogens is 2. The quantitative estimate of drug-likeness (QED) is 0.798. The van der Waals surface area contributed by atoms with Crippen molar-refractivity contribution in [2.75, 3.05) is 32.4 Å². The number of hydrogen-bond donors (Lipinski definition) is 0. The van der Waals surface area contributed by atoms with Crippen molar-refractivity contribution in [3.05, 3.63) is 18.0 Å². The van der Waals surface area contributed by atoms with Crippen LogP contribution in [0.3, 0.4) is 0 Å². The fourth-order valence-corrected chi connectivity index (χ4v) is 2.95. The largest absolute Gasteiger partial charge is 0.335 e. The van der Waals surface area contributed by atoms with E-state index in [0.29, 0.717) is 31.9 Å². The van der Waals surface area contributed by atoms with Gasteiger partial charge in [-0.2, -0.15) is 9.40 Å². The molecule has 0 saturated carbocycles. The summed E-state index contributed by atoms with van der Waals surface area (Å²) >= 11 is 0. The summed E-state index contributed by atoms with van der Waals surface area (Å²) in [6, 6.07) is 1.91. The molecule has 0 bridgehead atoms. The van der Waals surface area contributed by atoms with Gasteiger partial charge in [0, 0.05) is 38.4 Å². The molecule has 0 aromatic carbocycles. The number of rotatable bonds is 3. The van der Waals surface area contributed by atoms with Gasteiger partial charge in [-0.25, -0.2) is 8.42 Å². The minimum absolute atomic E-state index is 0.141. The molecule has 1 aliphatic rings. The smallest absolute Gasteiger partial charge is 0.274 e. The average Bonchev–Trinajstić information content (AvgIpc) is 2.86. The lowest BCUT2D eigenvalue weighted by molar-refractivity contribution is 0.0691. The van der Waals surface area contributed by atoms with E-state index in [1.807, 2.05) is 13.8 Å². The number of sulfonamides is 1. The zero-order valence-electron chi connectivity index (χ0n) is 12.0. The van der Waals surface area contributed by atoms with Crippen LogP contribution in [0.5, 0.6) is 0 Å². The minimum Gasteiger partial charge on any atom is -0.335 e. The Hall–Kier alpha value is -1.41. The van der Waals surface area contributed by atoms with Gasteiger partial charge in [0.2, 0.25) is 10.0 Å². The Balaban J connectivity index is 2.01. The van der Waals surface area contributed by atoms with Gasteiger partial charge in [0.15, 0.2) is 0 Å². The summed E-state index contributed by atoms with van der Waals surface area (Å²) in [5, 5.41) is 4.25. The number of nitrogens with zero attached hydrogens (tertiary/aromatic N) is 4. The second kappa shape index (κ2) is 5.53. The molecule has 0 aliphatic carbocycles. The van der Waals surface area contributed by atoms with Crippen LogP contribution >= 0.6 is 0 Å². The van der Waals surface area contributed by atoms with Crippen LogP contribution in [0.15, 0.2) is 12.3 Å². The third-order valence-corrected chi connectivity index (χ3v) is 4.65. The first-order valence-corrected chi connectivity index (χ1v) is 8.43. The molecule has 1 amide bonds. The summed E-state index contributed by atoms with van der Waals surface area (Å²) in [5.41, 5.74) is 0.409. The molecule has 0 radical (unpaired) electrons. The van der Waals surface area contributed by atoms with Gasteiger partial charge in [0.1, 0.15) is 5.69 Å². The molecule has 8 heteroatoms. The van der Waals surface area contributed by atoms with Crippen LogP contribution < -0.4 is 0 Å². The zero-order chi connectivity index (χ0) is 14.9. The van der Waals surface area contributed by atoms with Gasteiger partial charge in [0.25, 0.3) is 5.91 Å². The van der Waals surface area contributed by atoms with Crippen molar-refractivity contribution in [2.24, 2.45) is 0 Å². The molecule has 112 valence electrons. The number of carbonyl (C=O) groups excluding carboxylic acids is 1. The van der Waals surface area contributed by atoms with Gasteiger partial charge >= 0.3 is 0 Å². The molecule has 0 atom stereocenters. The van der Waals surface area contributed by atoms with Crippen LogP contribution in [0.4, 0.5) is 0 Å². The van der Waals surface area contributed by atoms with Crippen molar-refractivity contribution in [3.63, 3.8) is 0 Å². The molecule has 0 spiro atoms. The normalized spacial score (nSPS) is 17.7. The minimum atomic E-state index is -3.17. The number of carbonyl (C=O) groups is 1. The number of hydrogen-bond acceptors (Lipinski definition) is 4. The van der Waals surface area contributed by atoms with Crippen molar-refractivity contribution >= 4 is 15.9 Å². The Kier molecular flexibility index (Phi) is 4.14. The van der Waals surface area contributed by atoms with Crippen molar-refractivity contribution in [2.45, 2.75) is 19.9 Å². The average molecular weight is 300 g/mol. The lowest BCUT2D eigenvalue weighted by Crippen LogP contribution is -2.50. The van der Waals surface area contributed by atoms with Crippen LogP contribution in [0.1, 0.15) is 30.4 Å². The first kappa shape index (κ1) is 15.0. The molecule has 7 nitrogen and oxygen atoms in total. The second-order valence-electron chi connectivity index (χ2n) is 5.23. The maximum atomic E-state index is 12.3. The SMILES string of the molecule is CC(C)n1ccc(C(=O)N2CCN(S(C)(=O)=O)CC2)n1.